The number of fused-ring (bicyclic) bond motifs is 1. The van der Waals surface area contributed by atoms with Crippen LogP contribution in [0.3, 0.4) is 0 Å². The molecule has 0 amide bonds. The van der Waals surface area contributed by atoms with E-state index in [-0.39, 0.29) is 3.67 Å². The molecule has 3 aliphatic heterocycles. The Morgan fingerprint density at radius 3 is 2.29 bits per heavy atom. The van der Waals surface area contributed by atoms with E-state index in [4.69, 9.17) is 4.74 Å². The second-order valence-electron chi connectivity index (χ2n) is 6.34. The molecule has 0 aromatic rings. The Balaban J connectivity index is 1.69. The molecule has 2 unspecified atom stereocenters. The van der Waals surface area contributed by atoms with Gasteiger partial charge in [-0.05, 0) is 0 Å². The molecule has 10 heteroatoms. The van der Waals surface area contributed by atoms with E-state index < -0.39 is 62.3 Å². The average Bonchev–Trinajstić information content (AvgIpc) is 3.11. The predicted molar refractivity (Wildman–Crippen MR) is 72.9 cm³/mol. The van der Waals surface area contributed by atoms with Crippen LogP contribution < -0.4 is 7.06 Å². The van der Waals surface area contributed by atoms with Gasteiger partial charge in [-0.15, -0.1) is 0 Å². The number of carbonyl (C=O) groups excluding carboxylic acids is 1. The van der Waals surface area contributed by atoms with Crippen LogP contribution in [0.5, 0.6) is 0 Å². The number of halogens is 4. The number of rotatable bonds is 3. The Morgan fingerprint density at radius 2 is 1.90 bits per heavy atom. The molecule has 3 saturated heterocycles. The van der Waals surface area contributed by atoms with Crippen LogP contribution in [0.15, 0.2) is 0 Å². The van der Waals surface area contributed by atoms with Gasteiger partial charge in [0.05, 0.1) is 0 Å². The van der Waals surface area contributed by atoms with E-state index in [1.54, 1.807) is 13.8 Å². The van der Waals surface area contributed by atoms with Gasteiger partial charge in [0, 0.05) is 0 Å². The Morgan fingerprint density at radius 1 is 1.38 bits per heavy atom. The van der Waals surface area contributed by atoms with Gasteiger partial charge in [0.2, 0.25) is 0 Å². The van der Waals surface area contributed by atoms with Crippen molar-refractivity contribution in [3.63, 3.8) is 0 Å². The van der Waals surface area contributed by atoms with E-state index in [0.717, 1.165) is 0 Å². The maximum absolute atomic E-state index is 12.7. The number of alkyl halides is 4. The summed E-state index contributed by atoms with van der Waals surface area (Å²) in [7, 11) is 0. The van der Waals surface area contributed by atoms with Crippen LogP contribution in [0.4, 0.5) is 13.2 Å². The van der Waals surface area contributed by atoms with Gasteiger partial charge in [-0.2, -0.15) is 0 Å². The molecule has 0 radical (unpaired) electrons. The van der Waals surface area contributed by atoms with Crippen LogP contribution in [-0.2, 0) is 14.3 Å². The zero-order valence-electron chi connectivity index (χ0n) is 11.6. The van der Waals surface area contributed by atoms with E-state index in [1.165, 1.54) is 6.92 Å². The minimum atomic E-state index is -4.93. The SMILES string of the molecule is CC1(OC(=O)C(C)(C)C23NI2N3)COC(O)(C(F)(F)F)C1. The minimum absolute atomic E-state index is 0.357. The number of hydrogen-bond donors (Lipinski definition) is 3. The fourth-order valence-corrected chi connectivity index (χ4v) is 7.88. The molecule has 0 aromatic carbocycles. The van der Waals surface area contributed by atoms with E-state index in [0.29, 0.717) is 0 Å². The molecule has 21 heavy (non-hydrogen) atoms. The van der Waals surface area contributed by atoms with Crippen LogP contribution in [0.2, 0.25) is 0 Å². The second kappa shape index (κ2) is 4.02. The van der Waals surface area contributed by atoms with E-state index in [1.807, 2.05) is 0 Å². The molecule has 0 aromatic heterocycles. The van der Waals surface area contributed by atoms with Crippen molar-refractivity contribution in [2.45, 2.75) is 48.4 Å². The van der Waals surface area contributed by atoms with Crippen molar-refractivity contribution in [3.8, 4) is 0 Å². The van der Waals surface area contributed by atoms with Crippen LogP contribution in [-0.4, -0.2) is 38.9 Å². The van der Waals surface area contributed by atoms with Crippen LogP contribution in [0.25, 0.3) is 0 Å². The quantitative estimate of drug-likeness (QED) is 0.157. The molecule has 3 rings (SSSR count). The van der Waals surface area contributed by atoms with E-state index in [2.05, 4.69) is 11.8 Å². The molecule has 3 fully saturated rings. The fourth-order valence-electron chi connectivity index (χ4n) is 2.32. The number of nitrogens with one attached hydrogen (secondary N) is 2. The van der Waals surface area contributed by atoms with E-state index in [9.17, 15) is 23.1 Å². The van der Waals surface area contributed by atoms with Crippen molar-refractivity contribution in [3.05, 3.63) is 0 Å². The standard InChI is InChI=1S/C11H16F3IN2O4/c1-7(2,11-15(16-11)17-11)6(18)21-8(3)4-9(19,20-5-8)10(12,13)14/h16-17,19H,4-5H2,1-3H3. The third kappa shape index (κ3) is 2.18. The number of hydrogen-bond acceptors (Lipinski definition) is 6. The molecule has 3 N–H and O–H groups in total. The molecule has 3 aliphatic rings. The summed E-state index contributed by atoms with van der Waals surface area (Å²) >= 11 is -1.39. The fraction of sp³-hybridized carbons (Fsp3) is 0.909. The number of esters is 1. The molecule has 122 valence electrons. The predicted octanol–water partition coefficient (Wildman–Crippen LogP) is 1.18. The zero-order valence-corrected chi connectivity index (χ0v) is 13.8. The van der Waals surface area contributed by atoms with Crippen LogP contribution in [0.1, 0.15) is 27.2 Å². The van der Waals surface area contributed by atoms with E-state index >= 15 is 0 Å². The van der Waals surface area contributed by atoms with Crippen molar-refractivity contribution in [2.75, 3.05) is 6.61 Å². The van der Waals surface area contributed by atoms with Gasteiger partial charge in [0.15, 0.2) is 0 Å². The number of carbonyl (C=O) groups is 1. The number of aliphatic hydroxyl groups is 1. The maximum atomic E-state index is 12.7. The Labute approximate surface area is 126 Å². The third-order valence-electron chi connectivity index (χ3n) is 4.04. The summed E-state index contributed by atoms with van der Waals surface area (Å²) in [6.07, 6.45) is -5.76. The van der Waals surface area contributed by atoms with Crippen LogP contribution >= 0.6 is 20.4 Å². The first-order valence-electron chi connectivity index (χ1n) is 6.27. The average molecular weight is 424 g/mol. The summed E-state index contributed by atoms with van der Waals surface area (Å²) in [5.41, 5.74) is -2.36. The first kappa shape index (κ1) is 15.7. The molecule has 3 heterocycles. The first-order valence-corrected chi connectivity index (χ1v) is 9.51. The molecule has 6 nitrogen and oxygen atoms in total. The summed E-state index contributed by atoms with van der Waals surface area (Å²) < 4.78 is 54.0. The Hall–Kier alpha value is -0.170. The van der Waals surface area contributed by atoms with Gasteiger partial charge < -0.3 is 0 Å². The van der Waals surface area contributed by atoms with Crippen LogP contribution in [0, 0.1) is 5.41 Å². The molecule has 0 bridgehead atoms. The molecule has 0 spiro atoms. The van der Waals surface area contributed by atoms with Gasteiger partial charge in [-0.25, -0.2) is 0 Å². The normalized spacial score (nSPS) is 38.9. The molecular formula is C11H16F3IN2O4. The molecule has 2 atom stereocenters. The summed E-state index contributed by atoms with van der Waals surface area (Å²) in [5, 5.41) is 9.50. The topological polar surface area (TPSA) is 99.6 Å². The molecule has 0 saturated carbocycles. The Kier molecular flexibility index (Phi) is 3.01. The molecule has 0 aliphatic carbocycles. The summed E-state index contributed by atoms with van der Waals surface area (Å²) in [6.45, 7) is 4.21. The van der Waals surface area contributed by atoms with Crippen molar-refractivity contribution in [2.24, 2.45) is 5.41 Å². The van der Waals surface area contributed by atoms with Crippen molar-refractivity contribution >= 4 is 26.3 Å². The van der Waals surface area contributed by atoms with Crippen molar-refractivity contribution < 1.29 is 32.5 Å². The van der Waals surface area contributed by atoms with Crippen molar-refractivity contribution in [1.29, 1.82) is 0 Å². The van der Waals surface area contributed by atoms with Gasteiger partial charge in [0.25, 0.3) is 0 Å². The Bertz CT molecular complexity index is 508. The monoisotopic (exact) mass is 424 g/mol. The summed E-state index contributed by atoms with van der Waals surface area (Å²) in [4.78, 5) is 12.3. The van der Waals surface area contributed by atoms with Gasteiger partial charge in [-0.1, -0.05) is 0 Å². The molecular weight excluding hydrogens is 408 g/mol. The first-order chi connectivity index (χ1) is 9.35. The number of ether oxygens (including phenoxy) is 2. The summed E-state index contributed by atoms with van der Waals surface area (Å²) in [5.74, 6) is -3.87. The van der Waals surface area contributed by atoms with Gasteiger partial charge >= 0.3 is 126 Å². The summed E-state index contributed by atoms with van der Waals surface area (Å²) in [6, 6.07) is 0. The third-order valence-corrected chi connectivity index (χ3v) is 9.17. The van der Waals surface area contributed by atoms with Gasteiger partial charge in [-0.3, -0.25) is 0 Å². The second-order valence-corrected chi connectivity index (χ2v) is 10.7. The van der Waals surface area contributed by atoms with Gasteiger partial charge in [0.1, 0.15) is 0 Å². The zero-order chi connectivity index (χ0) is 15.9. The van der Waals surface area contributed by atoms with Crippen molar-refractivity contribution in [1.82, 2.24) is 7.06 Å².